The van der Waals surface area contributed by atoms with Gasteiger partial charge in [0.15, 0.2) is 5.78 Å². The zero-order valence-corrected chi connectivity index (χ0v) is 4.92. The Morgan fingerprint density at radius 2 is 2.50 bits per heavy atom. The van der Waals surface area contributed by atoms with Crippen LogP contribution in [0.3, 0.4) is 0 Å². The first-order valence-electron chi connectivity index (χ1n) is 2.62. The minimum Gasteiger partial charge on any atom is -0.293 e. The van der Waals surface area contributed by atoms with Gasteiger partial charge in [-0.15, -0.1) is 0 Å². The quantitative estimate of drug-likeness (QED) is 0.371. The molecule has 1 saturated heterocycles. The van der Waals surface area contributed by atoms with Crippen LogP contribution in [0.4, 0.5) is 0 Å². The van der Waals surface area contributed by atoms with Gasteiger partial charge >= 0.3 is 0 Å². The molecule has 1 rings (SSSR count). The molecule has 0 aromatic rings. The van der Waals surface area contributed by atoms with E-state index >= 15 is 0 Å². The average Bonchev–Trinajstić information content (AvgIpc) is 2.45. The number of carbonyl (C=O) groups is 1. The summed E-state index contributed by atoms with van der Waals surface area (Å²) in [6.45, 7) is 4.29. The number of carbonyl (C=O) groups excluding carboxylic acids is 1. The van der Waals surface area contributed by atoms with Gasteiger partial charge in [-0.05, 0) is 13.1 Å². The summed E-state index contributed by atoms with van der Waals surface area (Å²) in [5.74, 6) is 0.146. The summed E-state index contributed by atoms with van der Waals surface area (Å²) < 4.78 is 0. The second-order valence-electron chi connectivity index (χ2n) is 2.06. The summed E-state index contributed by atoms with van der Waals surface area (Å²) in [4.78, 5) is 12.6. The van der Waals surface area contributed by atoms with E-state index in [0.717, 1.165) is 6.54 Å². The Kier molecular flexibility index (Phi) is 1.18. The average molecular weight is 111 g/mol. The minimum atomic E-state index is 0.146. The highest BCUT2D eigenvalue weighted by molar-refractivity contribution is 5.95. The molecule has 1 aliphatic heterocycles. The highest BCUT2D eigenvalue weighted by Gasteiger charge is 2.34. The van der Waals surface area contributed by atoms with Gasteiger partial charge in [-0.2, -0.15) is 0 Å². The van der Waals surface area contributed by atoms with Gasteiger partial charge in [-0.3, -0.25) is 9.69 Å². The SMILES string of the molecule is C=CC(=O)C1CN1C. The molecular weight excluding hydrogens is 102 g/mol. The van der Waals surface area contributed by atoms with Gasteiger partial charge in [0.2, 0.25) is 0 Å². The maximum atomic E-state index is 10.6. The van der Waals surface area contributed by atoms with E-state index in [4.69, 9.17) is 0 Å². The van der Waals surface area contributed by atoms with E-state index < -0.39 is 0 Å². The lowest BCUT2D eigenvalue weighted by Crippen LogP contribution is -2.05. The number of ketones is 1. The van der Waals surface area contributed by atoms with Crippen molar-refractivity contribution in [1.82, 2.24) is 4.90 Å². The lowest BCUT2D eigenvalue weighted by atomic mass is 10.3. The van der Waals surface area contributed by atoms with E-state index in [-0.39, 0.29) is 11.8 Å². The van der Waals surface area contributed by atoms with E-state index in [1.165, 1.54) is 6.08 Å². The van der Waals surface area contributed by atoms with Crippen molar-refractivity contribution in [1.29, 1.82) is 0 Å². The fourth-order valence-corrected chi connectivity index (χ4v) is 0.669. The lowest BCUT2D eigenvalue weighted by Gasteiger charge is -1.85. The maximum Gasteiger partial charge on any atom is 0.173 e. The fraction of sp³-hybridized carbons (Fsp3) is 0.500. The van der Waals surface area contributed by atoms with Crippen LogP contribution in [0, 0.1) is 0 Å². The molecule has 1 fully saturated rings. The van der Waals surface area contributed by atoms with E-state index in [0.29, 0.717) is 0 Å². The summed E-state index contributed by atoms with van der Waals surface area (Å²) in [7, 11) is 1.92. The lowest BCUT2D eigenvalue weighted by molar-refractivity contribution is -0.114. The molecule has 1 aliphatic rings. The Morgan fingerprint density at radius 1 is 2.00 bits per heavy atom. The van der Waals surface area contributed by atoms with Gasteiger partial charge in [0.1, 0.15) is 0 Å². The van der Waals surface area contributed by atoms with E-state index in [1.54, 1.807) is 0 Å². The van der Waals surface area contributed by atoms with Crippen LogP contribution in [0.25, 0.3) is 0 Å². The second kappa shape index (κ2) is 1.71. The number of rotatable bonds is 2. The largest absolute Gasteiger partial charge is 0.293 e. The highest BCUT2D eigenvalue weighted by Crippen LogP contribution is 2.13. The fourth-order valence-electron chi connectivity index (χ4n) is 0.669. The van der Waals surface area contributed by atoms with E-state index in [1.807, 2.05) is 11.9 Å². The van der Waals surface area contributed by atoms with Gasteiger partial charge < -0.3 is 0 Å². The zero-order chi connectivity index (χ0) is 6.15. The number of hydrogen-bond donors (Lipinski definition) is 0. The molecule has 0 radical (unpaired) electrons. The zero-order valence-electron chi connectivity index (χ0n) is 4.92. The Bertz CT molecular complexity index is 130. The Hall–Kier alpha value is -0.630. The molecule has 0 bridgehead atoms. The van der Waals surface area contributed by atoms with Gasteiger partial charge in [0, 0.05) is 6.54 Å². The van der Waals surface area contributed by atoms with E-state index in [9.17, 15) is 4.79 Å². The van der Waals surface area contributed by atoms with Crippen LogP contribution in [0.2, 0.25) is 0 Å². The molecule has 8 heavy (non-hydrogen) atoms. The predicted molar refractivity (Wildman–Crippen MR) is 31.6 cm³/mol. The summed E-state index contributed by atoms with van der Waals surface area (Å²) in [5, 5.41) is 0. The summed E-state index contributed by atoms with van der Waals surface area (Å²) in [5.41, 5.74) is 0. The Morgan fingerprint density at radius 3 is 2.62 bits per heavy atom. The molecule has 2 heteroatoms. The maximum absolute atomic E-state index is 10.6. The molecular formula is C6H9NO. The first kappa shape index (κ1) is 5.51. The normalized spacial score (nSPS) is 34.1. The van der Waals surface area contributed by atoms with Crippen molar-refractivity contribution in [3.05, 3.63) is 12.7 Å². The molecule has 0 aromatic carbocycles. The standard InChI is InChI=1S/C6H9NO/c1-3-6(8)5-4-7(5)2/h3,5H,1,4H2,2H3. The molecule has 2 unspecified atom stereocenters. The van der Waals surface area contributed by atoms with Crippen LogP contribution in [-0.4, -0.2) is 30.3 Å². The third-order valence-electron chi connectivity index (χ3n) is 1.39. The summed E-state index contributed by atoms with van der Waals surface area (Å²) in [6, 6.07) is 0.160. The Labute approximate surface area is 48.8 Å². The van der Waals surface area contributed by atoms with Crippen LogP contribution in [0.15, 0.2) is 12.7 Å². The monoisotopic (exact) mass is 111 g/mol. The highest BCUT2D eigenvalue weighted by atomic mass is 16.1. The molecule has 0 saturated carbocycles. The molecule has 0 aromatic heterocycles. The molecule has 0 aliphatic carbocycles. The molecule has 0 spiro atoms. The van der Waals surface area contributed by atoms with Crippen molar-refractivity contribution in [2.45, 2.75) is 6.04 Å². The molecule has 0 amide bonds. The summed E-state index contributed by atoms with van der Waals surface area (Å²) >= 11 is 0. The van der Waals surface area contributed by atoms with Crippen LogP contribution in [0.5, 0.6) is 0 Å². The van der Waals surface area contributed by atoms with E-state index in [2.05, 4.69) is 6.58 Å². The number of hydrogen-bond acceptors (Lipinski definition) is 2. The second-order valence-corrected chi connectivity index (χ2v) is 2.06. The van der Waals surface area contributed by atoms with Crippen molar-refractivity contribution >= 4 is 5.78 Å². The first-order valence-corrected chi connectivity index (χ1v) is 2.62. The van der Waals surface area contributed by atoms with Crippen molar-refractivity contribution < 1.29 is 4.79 Å². The van der Waals surface area contributed by atoms with Gasteiger partial charge in [-0.25, -0.2) is 0 Å². The molecule has 0 N–H and O–H groups in total. The number of likely N-dealkylation sites (N-methyl/N-ethyl adjacent to an activating group) is 1. The van der Waals surface area contributed by atoms with Crippen molar-refractivity contribution in [2.24, 2.45) is 0 Å². The van der Waals surface area contributed by atoms with Gasteiger partial charge in [0.05, 0.1) is 6.04 Å². The smallest absolute Gasteiger partial charge is 0.173 e. The van der Waals surface area contributed by atoms with Crippen molar-refractivity contribution in [3.63, 3.8) is 0 Å². The predicted octanol–water partition coefficient (Wildman–Crippen LogP) is 0.0555. The summed E-state index contributed by atoms with van der Waals surface area (Å²) in [6.07, 6.45) is 1.38. The van der Waals surface area contributed by atoms with Crippen LogP contribution < -0.4 is 0 Å². The van der Waals surface area contributed by atoms with Crippen molar-refractivity contribution in [3.8, 4) is 0 Å². The number of nitrogens with zero attached hydrogens (tertiary/aromatic N) is 1. The minimum absolute atomic E-state index is 0.146. The Balaban J connectivity index is 2.39. The molecule has 1 heterocycles. The topological polar surface area (TPSA) is 20.1 Å². The van der Waals surface area contributed by atoms with Crippen molar-refractivity contribution in [2.75, 3.05) is 13.6 Å². The van der Waals surface area contributed by atoms with Crippen LogP contribution in [-0.2, 0) is 4.79 Å². The molecule has 2 atom stereocenters. The third-order valence-corrected chi connectivity index (χ3v) is 1.39. The third kappa shape index (κ3) is 0.793. The van der Waals surface area contributed by atoms with Gasteiger partial charge in [-0.1, -0.05) is 6.58 Å². The van der Waals surface area contributed by atoms with Crippen LogP contribution in [0.1, 0.15) is 0 Å². The van der Waals surface area contributed by atoms with Crippen LogP contribution >= 0.6 is 0 Å². The first-order chi connectivity index (χ1) is 3.75. The molecule has 2 nitrogen and oxygen atoms in total. The molecule has 44 valence electrons. The van der Waals surface area contributed by atoms with Gasteiger partial charge in [0.25, 0.3) is 0 Å².